The van der Waals surface area contributed by atoms with Crippen LogP contribution in [0.5, 0.6) is 0 Å². The van der Waals surface area contributed by atoms with Gasteiger partial charge in [0.1, 0.15) is 0 Å². The van der Waals surface area contributed by atoms with E-state index in [4.69, 9.17) is 4.98 Å². The second-order valence-corrected chi connectivity index (χ2v) is 16.0. The number of hydrogen-bond acceptors (Lipinski definition) is 2. The first-order valence-corrected chi connectivity index (χ1v) is 21.2. The molecule has 0 aliphatic heterocycles. The summed E-state index contributed by atoms with van der Waals surface area (Å²) in [4.78, 5) is 9.67. The van der Waals surface area contributed by atoms with Gasteiger partial charge in [-0.1, -0.05) is 139 Å². The van der Waals surface area contributed by atoms with E-state index < -0.39 is 11.6 Å². The van der Waals surface area contributed by atoms with E-state index in [1.165, 1.54) is 10.8 Å². The minimum absolute atomic E-state index is 0. The Balaban J connectivity index is 0.00000498. The third-order valence-electron chi connectivity index (χ3n) is 11.9. The first-order valence-electron chi connectivity index (χ1n) is 21.2. The van der Waals surface area contributed by atoms with Gasteiger partial charge in [-0.2, -0.15) is 0 Å². The molecule has 0 atom stereocenters. The fourth-order valence-electron chi connectivity index (χ4n) is 8.99. The van der Waals surface area contributed by atoms with Crippen molar-refractivity contribution < 1.29 is 28.9 Å². The van der Waals surface area contributed by atoms with Crippen LogP contribution >= 0.6 is 0 Å². The molecule has 8 aromatic carbocycles. The molecular formula is C59H37F2IrN3-2. The molecule has 3 nitrogen and oxygen atoms in total. The summed E-state index contributed by atoms with van der Waals surface area (Å²) >= 11 is 0. The molecule has 1 radical (unpaired) electrons. The first kappa shape index (κ1) is 41.4. The maximum atomic E-state index is 14.6. The number of halogens is 2. The number of nitrogens with zero attached hydrogens (tertiary/aromatic N) is 3. The average molecular weight is 1020 g/mol. The number of aromatic nitrogens is 3. The van der Waals surface area contributed by atoms with Crippen LogP contribution in [-0.4, -0.2) is 14.5 Å². The molecule has 0 aliphatic carbocycles. The topological polar surface area (TPSA) is 30.7 Å². The number of pyridine rings is 2. The Morgan fingerprint density at radius 1 is 0.462 bits per heavy atom. The molecule has 11 aromatic rings. The summed E-state index contributed by atoms with van der Waals surface area (Å²) in [6, 6.07) is 71.4. The Kier molecular flexibility index (Phi) is 11.1. The van der Waals surface area contributed by atoms with Gasteiger partial charge < -0.3 is 14.5 Å². The monoisotopic (exact) mass is 1020 g/mol. The third kappa shape index (κ3) is 7.78. The molecule has 0 N–H and O–H groups in total. The van der Waals surface area contributed by atoms with E-state index in [2.05, 4.69) is 168 Å². The van der Waals surface area contributed by atoms with Gasteiger partial charge in [0.15, 0.2) is 0 Å². The normalized spacial score (nSPS) is 11.2. The van der Waals surface area contributed by atoms with Gasteiger partial charge in [-0.25, -0.2) is 0 Å². The van der Waals surface area contributed by atoms with Crippen molar-refractivity contribution in [3.8, 4) is 83.8 Å². The quantitative estimate of drug-likeness (QED) is 0.142. The molecule has 0 aliphatic rings. The first-order chi connectivity index (χ1) is 31.5. The average Bonchev–Trinajstić information content (AvgIpc) is 3.68. The number of aryl methyl sites for hydroxylation is 1. The van der Waals surface area contributed by atoms with Crippen LogP contribution in [0.3, 0.4) is 0 Å². The van der Waals surface area contributed by atoms with Crippen LogP contribution in [0.2, 0.25) is 0 Å². The maximum Gasteiger partial charge on any atom is 0.0547 e. The van der Waals surface area contributed by atoms with Crippen molar-refractivity contribution in [3.05, 3.63) is 236 Å². The van der Waals surface area contributed by atoms with E-state index in [1.54, 1.807) is 12.3 Å². The molecule has 0 saturated carbocycles. The number of rotatable bonds is 8. The second kappa shape index (κ2) is 17.5. The van der Waals surface area contributed by atoms with Gasteiger partial charge in [0.2, 0.25) is 0 Å². The minimum atomic E-state index is -0.699. The molecule has 0 saturated heterocycles. The summed E-state index contributed by atoms with van der Waals surface area (Å²) in [6.45, 7) is 2.13. The van der Waals surface area contributed by atoms with Crippen molar-refractivity contribution in [2.75, 3.05) is 0 Å². The van der Waals surface area contributed by atoms with Gasteiger partial charge in [0, 0.05) is 66.2 Å². The van der Waals surface area contributed by atoms with E-state index >= 15 is 0 Å². The fraction of sp³-hybridized carbons (Fsp3) is 0.0169. The summed E-state index contributed by atoms with van der Waals surface area (Å²) in [7, 11) is 0. The molecule has 65 heavy (non-hydrogen) atoms. The summed E-state index contributed by atoms with van der Waals surface area (Å²) in [5.74, 6) is -1.38. The summed E-state index contributed by atoms with van der Waals surface area (Å²) in [5, 5.41) is 2.40. The van der Waals surface area contributed by atoms with Crippen LogP contribution in [0, 0.1) is 30.7 Å². The number of benzene rings is 8. The number of hydrogen-bond donors (Lipinski definition) is 0. The molecule has 0 amide bonds. The van der Waals surface area contributed by atoms with Crippen molar-refractivity contribution in [1.82, 2.24) is 14.5 Å². The van der Waals surface area contributed by atoms with Gasteiger partial charge in [0.25, 0.3) is 0 Å². The van der Waals surface area contributed by atoms with E-state index in [0.717, 1.165) is 101 Å². The maximum absolute atomic E-state index is 14.6. The summed E-state index contributed by atoms with van der Waals surface area (Å²) < 4.78 is 30.6. The number of fused-ring (bicyclic) bond motifs is 3. The molecule has 0 bridgehead atoms. The van der Waals surface area contributed by atoms with Gasteiger partial charge in [0.05, 0.1) is 11.0 Å². The van der Waals surface area contributed by atoms with Crippen molar-refractivity contribution >= 4 is 21.8 Å². The predicted molar refractivity (Wildman–Crippen MR) is 257 cm³/mol. The standard InChI is InChI=1S/C59H37F2N3.Ir/c1-38-30-42(47-19-9-8-18-46(47)41-25-29-56(62-36-41)52-28-26-44(60)34-55(52)61)32-43(31-38)48-20-10-11-21-49(48)54-37-63-57(39-14-4-2-5-15-39)35-53(54)40-24-27-51-50-22-12-13-23-58(50)64(59(51)33-40)45-16-6-3-7-17-45;/h2-14,16-27,29-37H,1H3;/q-2;. The van der Waals surface area contributed by atoms with E-state index in [1.807, 2.05) is 42.6 Å². The smallest absolute Gasteiger partial charge is 0.0547 e. The molecule has 3 aromatic heterocycles. The molecule has 11 rings (SSSR count). The van der Waals surface area contributed by atoms with Crippen molar-refractivity contribution in [2.24, 2.45) is 0 Å². The van der Waals surface area contributed by atoms with E-state index in [0.29, 0.717) is 5.69 Å². The van der Waals surface area contributed by atoms with Crippen LogP contribution in [-0.2, 0) is 20.1 Å². The second-order valence-electron chi connectivity index (χ2n) is 16.0. The Morgan fingerprint density at radius 3 is 1.83 bits per heavy atom. The molecule has 3 heterocycles. The SMILES string of the molecule is Cc1cc(-c2ccccc2-c2ccc(-c3[c-]cc(F)cc3F)nc2)cc(-c2ccccc2-c2cnc(-c3[c-]cccc3)cc2-c2ccc3c4ccccc4n(-c4ccccc4)c3c2)c1.[Ir]. The van der Waals surface area contributed by atoms with Gasteiger partial charge in [-0.15, -0.1) is 48.0 Å². The van der Waals surface area contributed by atoms with Crippen LogP contribution in [0.15, 0.2) is 207 Å². The summed E-state index contributed by atoms with van der Waals surface area (Å²) in [6.07, 6.45) is 3.75. The van der Waals surface area contributed by atoms with Crippen LogP contribution in [0.1, 0.15) is 5.56 Å². The van der Waals surface area contributed by atoms with E-state index in [9.17, 15) is 8.78 Å². The molecule has 0 unspecified atom stereocenters. The van der Waals surface area contributed by atoms with Crippen molar-refractivity contribution in [1.29, 1.82) is 0 Å². The molecule has 313 valence electrons. The van der Waals surface area contributed by atoms with Crippen molar-refractivity contribution in [2.45, 2.75) is 6.92 Å². The molecule has 0 spiro atoms. The van der Waals surface area contributed by atoms with Crippen LogP contribution in [0.25, 0.3) is 106 Å². The molecule has 6 heteroatoms. The Bertz CT molecular complexity index is 3530. The zero-order chi connectivity index (χ0) is 43.1. The minimum Gasteiger partial charge on any atom is -0.309 e. The predicted octanol–water partition coefficient (Wildman–Crippen LogP) is 15.4. The molecular weight excluding hydrogens is 981 g/mol. The van der Waals surface area contributed by atoms with Gasteiger partial charge in [-0.05, 0) is 104 Å². The van der Waals surface area contributed by atoms with Crippen molar-refractivity contribution in [3.63, 3.8) is 0 Å². The Hall–Kier alpha value is -7.63. The Labute approximate surface area is 389 Å². The van der Waals surface area contributed by atoms with Gasteiger partial charge in [-0.3, -0.25) is 8.78 Å². The number of para-hydroxylation sites is 2. The molecule has 0 fully saturated rings. The summed E-state index contributed by atoms with van der Waals surface area (Å²) in [5.41, 5.74) is 17.1. The van der Waals surface area contributed by atoms with E-state index in [-0.39, 0.29) is 25.7 Å². The third-order valence-corrected chi connectivity index (χ3v) is 11.9. The Morgan fingerprint density at radius 2 is 1.11 bits per heavy atom. The zero-order valence-corrected chi connectivity index (χ0v) is 37.5. The fourth-order valence-corrected chi connectivity index (χ4v) is 8.99. The van der Waals surface area contributed by atoms with Crippen LogP contribution in [0.4, 0.5) is 8.78 Å². The largest absolute Gasteiger partial charge is 0.309 e. The zero-order valence-electron chi connectivity index (χ0n) is 35.1. The van der Waals surface area contributed by atoms with Crippen LogP contribution < -0.4 is 0 Å². The van der Waals surface area contributed by atoms with Gasteiger partial charge >= 0.3 is 0 Å².